The molecule has 7 heteroatoms. The molecule has 0 aliphatic rings. The van der Waals surface area contributed by atoms with Crippen LogP contribution in [-0.4, -0.2) is 17.6 Å². The van der Waals surface area contributed by atoms with Crippen molar-refractivity contribution in [1.29, 1.82) is 0 Å². The van der Waals surface area contributed by atoms with Crippen LogP contribution in [0.3, 0.4) is 0 Å². The van der Waals surface area contributed by atoms with Crippen LogP contribution in [0.2, 0.25) is 0 Å². The summed E-state index contributed by atoms with van der Waals surface area (Å²) in [5.74, 6) is 0.895. The Bertz CT molecular complexity index is 1470. The molecule has 0 aliphatic heterocycles. The van der Waals surface area contributed by atoms with Gasteiger partial charge in [0, 0.05) is 18.7 Å². The van der Waals surface area contributed by atoms with Gasteiger partial charge in [0.05, 0.1) is 17.3 Å². The first kappa shape index (κ1) is 23.1. The fraction of sp³-hybridized carbons (Fsp3) is 0.111. The molecular formula is C27H24N2O4S. The molecule has 0 atom stereocenters. The number of aromatic nitrogens is 1. The number of benzene rings is 3. The van der Waals surface area contributed by atoms with E-state index in [1.165, 1.54) is 22.0 Å². The van der Waals surface area contributed by atoms with Gasteiger partial charge in [-0.15, -0.1) is 11.3 Å². The van der Waals surface area contributed by atoms with Gasteiger partial charge in [0.25, 0.3) is 11.5 Å². The van der Waals surface area contributed by atoms with Crippen LogP contribution < -0.4 is 29.5 Å². The Kier molecular flexibility index (Phi) is 7.25. The number of carbonyl (C=O) groups excluding carboxylic acids is 1. The standard InChI is InChI=1S/C27H24N2O4S/c1-29-26(17-25(30)28-21-13-7-9-15-23(21)32-2)34-24(27(29)31)16-20-12-6-8-14-22(20)33-18-19-10-4-3-5-11-19/h3-17H,18H2,1-2H3,(H,28,30)/b24-16-,26-17-. The zero-order valence-electron chi connectivity index (χ0n) is 18.9. The Hall–Kier alpha value is -4.10. The molecule has 0 fully saturated rings. The van der Waals surface area contributed by atoms with Crippen LogP contribution in [-0.2, 0) is 18.4 Å². The normalized spacial score (nSPS) is 11.9. The topological polar surface area (TPSA) is 69.6 Å². The zero-order chi connectivity index (χ0) is 23.9. The van der Waals surface area contributed by atoms with Gasteiger partial charge >= 0.3 is 0 Å². The lowest BCUT2D eigenvalue weighted by atomic mass is 10.2. The summed E-state index contributed by atoms with van der Waals surface area (Å²) < 4.78 is 13.8. The molecule has 6 nitrogen and oxygen atoms in total. The molecule has 1 amide bonds. The second-order valence-electron chi connectivity index (χ2n) is 7.46. The Morgan fingerprint density at radius 3 is 2.41 bits per heavy atom. The summed E-state index contributed by atoms with van der Waals surface area (Å²) in [6.07, 6.45) is 3.20. The molecule has 3 aromatic carbocycles. The van der Waals surface area contributed by atoms with Crippen LogP contribution in [0.4, 0.5) is 5.69 Å². The number of ether oxygens (including phenoxy) is 2. The summed E-state index contributed by atoms with van der Waals surface area (Å²) in [5.41, 5.74) is 2.23. The number of hydrogen-bond donors (Lipinski definition) is 1. The molecule has 0 radical (unpaired) electrons. The highest BCUT2D eigenvalue weighted by molar-refractivity contribution is 7.07. The number of rotatable bonds is 7. The summed E-state index contributed by atoms with van der Waals surface area (Å²) in [5, 5.41) is 2.80. The van der Waals surface area contributed by atoms with Crippen molar-refractivity contribution in [2.24, 2.45) is 7.05 Å². The molecule has 0 saturated heterocycles. The fourth-order valence-electron chi connectivity index (χ4n) is 3.34. The summed E-state index contributed by atoms with van der Waals surface area (Å²) in [4.78, 5) is 25.4. The van der Waals surface area contributed by atoms with Gasteiger partial charge in [0.15, 0.2) is 0 Å². The minimum atomic E-state index is -0.348. The van der Waals surface area contributed by atoms with Crippen molar-refractivity contribution in [3.63, 3.8) is 0 Å². The van der Waals surface area contributed by atoms with Crippen molar-refractivity contribution in [2.75, 3.05) is 12.4 Å². The molecule has 1 N–H and O–H groups in total. The summed E-state index contributed by atoms with van der Waals surface area (Å²) in [7, 11) is 3.19. The second kappa shape index (κ2) is 10.7. The number of carbonyl (C=O) groups is 1. The largest absolute Gasteiger partial charge is 0.495 e. The summed E-state index contributed by atoms with van der Waals surface area (Å²) >= 11 is 1.24. The average molecular weight is 473 g/mol. The molecule has 1 heterocycles. The number of anilines is 1. The maximum atomic E-state index is 12.9. The molecule has 34 heavy (non-hydrogen) atoms. The Morgan fingerprint density at radius 2 is 1.65 bits per heavy atom. The third-order valence-electron chi connectivity index (χ3n) is 5.12. The van der Waals surface area contributed by atoms with Gasteiger partial charge in [-0.2, -0.15) is 0 Å². The first-order valence-electron chi connectivity index (χ1n) is 10.6. The molecule has 4 rings (SSSR count). The van der Waals surface area contributed by atoms with Gasteiger partial charge in [-0.05, 0) is 29.8 Å². The molecule has 0 bridgehead atoms. The van der Waals surface area contributed by atoms with E-state index in [2.05, 4.69) is 5.32 Å². The Balaban J connectivity index is 1.61. The first-order valence-corrected chi connectivity index (χ1v) is 11.5. The molecule has 0 saturated carbocycles. The lowest BCUT2D eigenvalue weighted by Crippen LogP contribution is -2.29. The van der Waals surface area contributed by atoms with Gasteiger partial charge in [-0.1, -0.05) is 60.7 Å². The molecule has 172 valence electrons. The number of thiazole rings is 1. The highest BCUT2D eigenvalue weighted by Crippen LogP contribution is 2.23. The summed E-state index contributed by atoms with van der Waals surface area (Å²) in [6.45, 7) is 0.427. The number of methoxy groups -OCH3 is 1. The van der Waals surface area contributed by atoms with Crippen LogP contribution in [0.1, 0.15) is 11.1 Å². The maximum absolute atomic E-state index is 12.9. The lowest BCUT2D eigenvalue weighted by molar-refractivity contribution is -0.110. The van der Waals surface area contributed by atoms with Gasteiger partial charge in [-0.25, -0.2) is 0 Å². The van der Waals surface area contributed by atoms with E-state index >= 15 is 0 Å². The minimum Gasteiger partial charge on any atom is -0.495 e. The van der Waals surface area contributed by atoms with Gasteiger partial charge in [0.1, 0.15) is 22.8 Å². The van der Waals surface area contributed by atoms with E-state index in [9.17, 15) is 9.59 Å². The van der Waals surface area contributed by atoms with E-state index in [-0.39, 0.29) is 11.5 Å². The second-order valence-corrected chi connectivity index (χ2v) is 8.52. The first-order chi connectivity index (χ1) is 16.5. The minimum absolute atomic E-state index is 0.181. The Morgan fingerprint density at radius 1 is 0.971 bits per heavy atom. The van der Waals surface area contributed by atoms with E-state index in [0.717, 1.165) is 11.1 Å². The number of para-hydroxylation sites is 3. The van der Waals surface area contributed by atoms with Crippen molar-refractivity contribution in [3.05, 3.63) is 110 Å². The SMILES string of the molecule is COc1ccccc1NC(=O)/C=c1\s/c(=C\c2ccccc2OCc2ccccc2)c(=O)n1C. The number of hydrogen-bond acceptors (Lipinski definition) is 5. The zero-order valence-corrected chi connectivity index (χ0v) is 19.7. The van der Waals surface area contributed by atoms with E-state index in [4.69, 9.17) is 9.47 Å². The number of nitrogens with one attached hydrogen (secondary N) is 1. The third kappa shape index (κ3) is 5.44. The van der Waals surface area contributed by atoms with Crippen LogP contribution >= 0.6 is 11.3 Å². The van der Waals surface area contributed by atoms with Crippen LogP contribution in [0.25, 0.3) is 12.2 Å². The number of nitrogens with zero attached hydrogens (tertiary/aromatic N) is 1. The van der Waals surface area contributed by atoms with E-state index in [1.54, 1.807) is 32.4 Å². The predicted molar refractivity (Wildman–Crippen MR) is 136 cm³/mol. The molecular weight excluding hydrogens is 448 g/mol. The van der Waals surface area contributed by atoms with E-state index < -0.39 is 0 Å². The molecule has 0 unspecified atom stereocenters. The molecule has 1 aromatic heterocycles. The smallest absolute Gasteiger partial charge is 0.268 e. The molecule has 0 aliphatic carbocycles. The summed E-state index contributed by atoms with van der Waals surface area (Å²) in [6, 6.07) is 24.6. The lowest BCUT2D eigenvalue weighted by Gasteiger charge is -2.08. The van der Waals surface area contributed by atoms with Gasteiger partial charge in [0.2, 0.25) is 0 Å². The van der Waals surface area contributed by atoms with Crippen molar-refractivity contribution in [1.82, 2.24) is 4.57 Å². The third-order valence-corrected chi connectivity index (χ3v) is 6.24. The van der Waals surface area contributed by atoms with Crippen LogP contribution in [0.5, 0.6) is 11.5 Å². The monoisotopic (exact) mass is 472 g/mol. The van der Waals surface area contributed by atoms with Gasteiger partial charge in [-0.3, -0.25) is 9.59 Å². The van der Waals surface area contributed by atoms with Crippen LogP contribution in [0, 0.1) is 0 Å². The average Bonchev–Trinajstić information content (AvgIpc) is 3.12. The van der Waals surface area contributed by atoms with E-state index in [0.29, 0.717) is 33.0 Å². The fourth-order valence-corrected chi connectivity index (χ4v) is 4.37. The highest BCUT2D eigenvalue weighted by atomic mass is 32.1. The van der Waals surface area contributed by atoms with Crippen molar-refractivity contribution < 1.29 is 14.3 Å². The highest BCUT2D eigenvalue weighted by Gasteiger charge is 2.08. The number of amides is 1. The maximum Gasteiger partial charge on any atom is 0.268 e. The Labute approximate surface area is 201 Å². The molecule has 0 spiro atoms. The quantitative estimate of drug-likeness (QED) is 0.448. The van der Waals surface area contributed by atoms with Crippen molar-refractivity contribution in [3.8, 4) is 11.5 Å². The predicted octanol–water partition coefficient (Wildman–Crippen LogP) is 3.28. The molecule has 4 aromatic rings. The van der Waals surface area contributed by atoms with Crippen molar-refractivity contribution >= 4 is 35.1 Å². The van der Waals surface area contributed by atoms with Crippen LogP contribution in [0.15, 0.2) is 83.7 Å². The van der Waals surface area contributed by atoms with Gasteiger partial charge < -0.3 is 19.4 Å². The van der Waals surface area contributed by atoms with E-state index in [1.807, 2.05) is 66.7 Å². The van der Waals surface area contributed by atoms with Crippen molar-refractivity contribution in [2.45, 2.75) is 6.61 Å².